The molecule has 130 valence electrons. The molecule has 2 aromatic rings. The minimum atomic E-state index is -0.0569. The minimum Gasteiger partial charge on any atom is -0.497 e. The lowest BCUT2D eigenvalue weighted by Crippen LogP contribution is -2.41. The van der Waals surface area contributed by atoms with Crippen molar-refractivity contribution in [3.05, 3.63) is 24.0 Å². The van der Waals surface area contributed by atoms with Crippen molar-refractivity contribution in [2.75, 3.05) is 13.7 Å². The van der Waals surface area contributed by atoms with Crippen LogP contribution in [0.4, 0.5) is 0 Å². The van der Waals surface area contributed by atoms with Crippen molar-refractivity contribution in [3.63, 3.8) is 0 Å². The molecule has 2 heterocycles. The van der Waals surface area contributed by atoms with Gasteiger partial charge in [0.1, 0.15) is 11.6 Å². The van der Waals surface area contributed by atoms with Crippen molar-refractivity contribution in [3.8, 4) is 5.75 Å². The van der Waals surface area contributed by atoms with Crippen molar-refractivity contribution in [2.24, 2.45) is 13.0 Å². The summed E-state index contributed by atoms with van der Waals surface area (Å²) in [6, 6.07) is 5.80. The summed E-state index contributed by atoms with van der Waals surface area (Å²) in [6.45, 7) is 3.24. The second-order valence-electron chi connectivity index (χ2n) is 6.23. The molecular formula is C18H25N3O3. The van der Waals surface area contributed by atoms with Crippen LogP contribution in [-0.2, 0) is 23.1 Å². The molecule has 1 N–H and O–H groups in total. The summed E-state index contributed by atoms with van der Waals surface area (Å²) in [5, 5.41) is 3.03. The summed E-state index contributed by atoms with van der Waals surface area (Å²) in [5.41, 5.74) is 1.89. The van der Waals surface area contributed by atoms with Crippen LogP contribution in [0.5, 0.6) is 5.75 Å². The first-order valence-electron chi connectivity index (χ1n) is 8.52. The predicted molar refractivity (Wildman–Crippen MR) is 91.9 cm³/mol. The number of hydrogen-bond donors (Lipinski definition) is 1. The lowest BCUT2D eigenvalue weighted by molar-refractivity contribution is -0.134. The maximum atomic E-state index is 12.5. The van der Waals surface area contributed by atoms with E-state index in [1.54, 1.807) is 7.11 Å². The standard InChI is InChI=1S/C18H25N3O3/c1-4-16-13(6-5-9-24-16)18(22)19-11-17-20-14-10-12(23-3)7-8-15(14)21(17)2/h7-8,10,13,16H,4-6,9,11H2,1-3H3,(H,19,22). The van der Waals surface area contributed by atoms with E-state index in [9.17, 15) is 4.79 Å². The summed E-state index contributed by atoms with van der Waals surface area (Å²) in [6.07, 6.45) is 2.73. The fourth-order valence-electron chi connectivity index (χ4n) is 3.35. The van der Waals surface area contributed by atoms with Crippen molar-refractivity contribution >= 4 is 16.9 Å². The molecule has 1 aliphatic rings. The average Bonchev–Trinajstić information content (AvgIpc) is 2.94. The summed E-state index contributed by atoms with van der Waals surface area (Å²) in [5.74, 6) is 1.61. The quantitative estimate of drug-likeness (QED) is 0.914. The summed E-state index contributed by atoms with van der Waals surface area (Å²) < 4.78 is 13.0. The van der Waals surface area contributed by atoms with E-state index in [2.05, 4.69) is 17.2 Å². The molecule has 2 atom stereocenters. The van der Waals surface area contributed by atoms with E-state index >= 15 is 0 Å². The smallest absolute Gasteiger partial charge is 0.226 e. The molecule has 1 amide bonds. The van der Waals surface area contributed by atoms with Crippen LogP contribution >= 0.6 is 0 Å². The number of carbonyl (C=O) groups excluding carboxylic acids is 1. The molecule has 1 fully saturated rings. The van der Waals surface area contributed by atoms with E-state index in [1.165, 1.54) is 0 Å². The zero-order valence-electron chi connectivity index (χ0n) is 14.5. The van der Waals surface area contributed by atoms with Crippen LogP contribution in [0.2, 0.25) is 0 Å². The topological polar surface area (TPSA) is 65.4 Å². The number of carbonyl (C=O) groups is 1. The van der Waals surface area contributed by atoms with Crippen molar-refractivity contribution in [1.29, 1.82) is 0 Å². The highest BCUT2D eigenvalue weighted by Crippen LogP contribution is 2.24. The van der Waals surface area contributed by atoms with Gasteiger partial charge in [-0.05, 0) is 31.4 Å². The number of aryl methyl sites for hydroxylation is 1. The molecule has 2 unspecified atom stereocenters. The van der Waals surface area contributed by atoms with Gasteiger partial charge in [-0.3, -0.25) is 4.79 Å². The Morgan fingerprint density at radius 2 is 2.33 bits per heavy atom. The zero-order chi connectivity index (χ0) is 17.1. The predicted octanol–water partition coefficient (Wildman–Crippen LogP) is 2.40. The number of benzene rings is 1. The van der Waals surface area contributed by atoms with Gasteiger partial charge in [0.2, 0.25) is 5.91 Å². The Balaban J connectivity index is 1.70. The Morgan fingerprint density at radius 1 is 1.50 bits per heavy atom. The van der Waals surface area contributed by atoms with Gasteiger partial charge in [0.05, 0.1) is 36.7 Å². The molecule has 3 rings (SSSR count). The zero-order valence-corrected chi connectivity index (χ0v) is 14.5. The Hall–Kier alpha value is -2.08. The highest BCUT2D eigenvalue weighted by molar-refractivity contribution is 5.80. The third-order valence-electron chi connectivity index (χ3n) is 4.78. The van der Waals surface area contributed by atoms with Gasteiger partial charge >= 0.3 is 0 Å². The van der Waals surface area contributed by atoms with Crippen LogP contribution in [0.25, 0.3) is 11.0 Å². The molecule has 24 heavy (non-hydrogen) atoms. The number of imidazole rings is 1. The maximum absolute atomic E-state index is 12.5. The number of nitrogens with one attached hydrogen (secondary N) is 1. The molecule has 1 aromatic heterocycles. The van der Waals surface area contributed by atoms with E-state index in [1.807, 2.05) is 29.8 Å². The van der Waals surface area contributed by atoms with Gasteiger partial charge in [0.15, 0.2) is 0 Å². The first kappa shape index (κ1) is 16.8. The van der Waals surface area contributed by atoms with E-state index in [-0.39, 0.29) is 17.9 Å². The first-order chi connectivity index (χ1) is 11.6. The highest BCUT2D eigenvalue weighted by atomic mass is 16.5. The molecular weight excluding hydrogens is 306 g/mol. The lowest BCUT2D eigenvalue weighted by Gasteiger charge is -2.30. The van der Waals surface area contributed by atoms with Gasteiger partial charge < -0.3 is 19.4 Å². The summed E-state index contributed by atoms with van der Waals surface area (Å²) >= 11 is 0. The van der Waals surface area contributed by atoms with Crippen molar-refractivity contribution in [2.45, 2.75) is 38.8 Å². The molecule has 1 aromatic carbocycles. The molecule has 0 saturated carbocycles. The first-order valence-corrected chi connectivity index (χ1v) is 8.52. The number of amides is 1. The van der Waals surface area contributed by atoms with Gasteiger partial charge in [-0.1, -0.05) is 6.92 Å². The number of fused-ring (bicyclic) bond motifs is 1. The number of ether oxygens (including phenoxy) is 2. The van der Waals surface area contributed by atoms with Gasteiger partial charge in [-0.25, -0.2) is 4.98 Å². The Kier molecular flexibility index (Phi) is 5.04. The van der Waals surface area contributed by atoms with Crippen molar-refractivity contribution in [1.82, 2.24) is 14.9 Å². The Labute approximate surface area is 142 Å². The molecule has 6 nitrogen and oxygen atoms in total. The summed E-state index contributed by atoms with van der Waals surface area (Å²) in [4.78, 5) is 17.1. The molecule has 1 aliphatic heterocycles. The van der Waals surface area contributed by atoms with Crippen LogP contribution in [0.1, 0.15) is 32.0 Å². The second-order valence-corrected chi connectivity index (χ2v) is 6.23. The number of nitrogens with zero attached hydrogens (tertiary/aromatic N) is 2. The Bertz CT molecular complexity index is 726. The SMILES string of the molecule is CCC1OCCCC1C(=O)NCc1nc2cc(OC)ccc2n1C. The molecule has 1 saturated heterocycles. The fraction of sp³-hybridized carbons (Fsp3) is 0.556. The van der Waals surface area contributed by atoms with Gasteiger partial charge in [-0.2, -0.15) is 0 Å². The van der Waals surface area contributed by atoms with Crippen LogP contribution in [0.3, 0.4) is 0 Å². The number of methoxy groups -OCH3 is 1. The van der Waals surface area contributed by atoms with E-state index in [4.69, 9.17) is 9.47 Å². The maximum Gasteiger partial charge on any atom is 0.226 e. The Morgan fingerprint density at radius 3 is 3.08 bits per heavy atom. The van der Waals surface area contributed by atoms with Crippen molar-refractivity contribution < 1.29 is 14.3 Å². The number of aromatic nitrogens is 2. The summed E-state index contributed by atoms with van der Waals surface area (Å²) in [7, 11) is 3.60. The minimum absolute atomic E-state index is 0.0310. The molecule has 0 radical (unpaired) electrons. The second kappa shape index (κ2) is 7.21. The van der Waals surface area contributed by atoms with Gasteiger partial charge in [-0.15, -0.1) is 0 Å². The van der Waals surface area contributed by atoms with Crippen LogP contribution < -0.4 is 10.1 Å². The van der Waals surface area contributed by atoms with E-state index in [0.717, 1.165) is 48.5 Å². The van der Waals surface area contributed by atoms with Crippen LogP contribution in [0, 0.1) is 5.92 Å². The highest BCUT2D eigenvalue weighted by Gasteiger charge is 2.30. The molecule has 0 spiro atoms. The monoisotopic (exact) mass is 331 g/mol. The van der Waals surface area contributed by atoms with Crippen LogP contribution in [0.15, 0.2) is 18.2 Å². The molecule has 0 bridgehead atoms. The number of rotatable bonds is 5. The third-order valence-corrected chi connectivity index (χ3v) is 4.78. The fourth-order valence-corrected chi connectivity index (χ4v) is 3.35. The molecule has 0 aliphatic carbocycles. The lowest BCUT2D eigenvalue weighted by atomic mass is 9.92. The van der Waals surface area contributed by atoms with Crippen LogP contribution in [-0.4, -0.2) is 35.3 Å². The third kappa shape index (κ3) is 3.24. The van der Waals surface area contributed by atoms with Gasteiger partial charge in [0, 0.05) is 19.7 Å². The number of hydrogen-bond acceptors (Lipinski definition) is 4. The molecule has 6 heteroatoms. The normalized spacial score (nSPS) is 21.0. The average molecular weight is 331 g/mol. The van der Waals surface area contributed by atoms with E-state index < -0.39 is 0 Å². The largest absolute Gasteiger partial charge is 0.497 e. The van der Waals surface area contributed by atoms with E-state index in [0.29, 0.717) is 6.54 Å². The van der Waals surface area contributed by atoms with Gasteiger partial charge in [0.25, 0.3) is 0 Å².